The third kappa shape index (κ3) is 12.2. The van der Waals surface area contributed by atoms with E-state index in [1.165, 1.54) is 13.0 Å². The Morgan fingerprint density at radius 2 is 1.15 bits per heavy atom. The van der Waals surface area contributed by atoms with E-state index in [9.17, 15) is 19.2 Å². The molecule has 1 atom stereocenters. The van der Waals surface area contributed by atoms with Gasteiger partial charge < -0.3 is 23.7 Å². The summed E-state index contributed by atoms with van der Waals surface area (Å²) in [6.45, 7) is 7.79. The number of esters is 4. The second-order valence-electron chi connectivity index (χ2n) is 10.5. The molecule has 244 valence electrons. The zero-order valence-electron chi connectivity index (χ0n) is 26.5. The number of benzene rings is 3. The fourth-order valence-electron chi connectivity index (χ4n) is 4.41. The zero-order chi connectivity index (χ0) is 33.1. The van der Waals surface area contributed by atoms with Gasteiger partial charge in [-0.25, -0.2) is 19.2 Å². The zero-order valence-corrected chi connectivity index (χ0v) is 26.5. The predicted octanol–water partition coefficient (Wildman–Crippen LogP) is 7.52. The van der Waals surface area contributed by atoms with Crippen LogP contribution in [0.15, 0.2) is 85.5 Å². The van der Waals surface area contributed by atoms with Crippen LogP contribution in [0.5, 0.6) is 11.5 Å². The van der Waals surface area contributed by atoms with Gasteiger partial charge >= 0.3 is 23.9 Å². The molecule has 0 aliphatic heterocycles. The highest BCUT2D eigenvalue weighted by atomic mass is 16.6. The van der Waals surface area contributed by atoms with Crippen molar-refractivity contribution in [2.75, 3.05) is 19.8 Å². The molecule has 0 unspecified atom stereocenters. The van der Waals surface area contributed by atoms with Crippen molar-refractivity contribution in [3.8, 4) is 22.6 Å². The van der Waals surface area contributed by atoms with Gasteiger partial charge in [0.05, 0.1) is 30.9 Å². The van der Waals surface area contributed by atoms with Crippen molar-refractivity contribution in [3.05, 3.63) is 96.6 Å². The van der Waals surface area contributed by atoms with E-state index in [1.54, 1.807) is 67.6 Å². The molecule has 0 amide bonds. The molecule has 0 bridgehead atoms. The van der Waals surface area contributed by atoms with E-state index in [0.29, 0.717) is 35.8 Å². The molecule has 3 aromatic rings. The molecule has 0 aromatic heterocycles. The summed E-state index contributed by atoms with van der Waals surface area (Å²) in [4.78, 5) is 47.7. The van der Waals surface area contributed by atoms with Gasteiger partial charge in [-0.1, -0.05) is 62.9 Å². The summed E-state index contributed by atoms with van der Waals surface area (Å²) >= 11 is 0. The Kier molecular flexibility index (Phi) is 15.0. The quantitative estimate of drug-likeness (QED) is 0.0436. The maximum Gasteiger partial charge on any atom is 0.347 e. The maximum absolute atomic E-state index is 12.7. The molecule has 0 aliphatic rings. The molecular formula is C37H42O9. The average molecular weight is 631 g/mol. The summed E-state index contributed by atoms with van der Waals surface area (Å²) in [5.74, 6) is -0.953. The van der Waals surface area contributed by atoms with Gasteiger partial charge in [0.25, 0.3) is 0 Å². The summed E-state index contributed by atoms with van der Waals surface area (Å²) in [6, 6.07) is 20.7. The van der Waals surface area contributed by atoms with E-state index in [4.69, 9.17) is 23.7 Å². The van der Waals surface area contributed by atoms with Gasteiger partial charge in [0.2, 0.25) is 0 Å². The Morgan fingerprint density at radius 3 is 1.74 bits per heavy atom. The van der Waals surface area contributed by atoms with E-state index < -0.39 is 24.0 Å². The van der Waals surface area contributed by atoms with Crippen molar-refractivity contribution in [2.45, 2.75) is 64.9 Å². The van der Waals surface area contributed by atoms with Crippen LogP contribution in [-0.4, -0.2) is 49.8 Å². The van der Waals surface area contributed by atoms with Gasteiger partial charge in [-0.15, -0.1) is 0 Å². The lowest BCUT2D eigenvalue weighted by Gasteiger charge is -2.12. The minimum absolute atomic E-state index is 0.209. The second kappa shape index (κ2) is 19.5. The summed E-state index contributed by atoms with van der Waals surface area (Å²) in [5.41, 5.74) is 2.44. The molecular weight excluding hydrogens is 588 g/mol. The highest BCUT2D eigenvalue weighted by Gasteiger charge is 2.20. The lowest BCUT2D eigenvalue weighted by Crippen LogP contribution is -2.26. The first kappa shape index (κ1) is 35.6. The standard InChI is InChI=1S/C37H42O9/c1-4-34(38)44-26-12-10-8-6-7-9-11-25-43-32-21-19-31(20-22-32)37(41)46-33-23-17-29(18-24-33)28-13-15-30(16-14-28)36(40)45-27(3)35(39)42-5-2/h4,13-24,27H,1,5-12,25-26H2,2-3H3/t27-/m0/s1. The molecule has 0 aliphatic carbocycles. The molecule has 0 radical (unpaired) electrons. The largest absolute Gasteiger partial charge is 0.494 e. The molecule has 46 heavy (non-hydrogen) atoms. The number of ether oxygens (including phenoxy) is 5. The molecule has 0 saturated heterocycles. The van der Waals surface area contributed by atoms with Gasteiger partial charge in [-0.05, 0) is 86.3 Å². The highest BCUT2D eigenvalue weighted by molar-refractivity contribution is 5.92. The van der Waals surface area contributed by atoms with Crippen LogP contribution in [0.2, 0.25) is 0 Å². The van der Waals surface area contributed by atoms with Crippen LogP contribution in [-0.2, 0) is 23.8 Å². The number of unbranched alkanes of at least 4 members (excludes halogenated alkanes) is 6. The van der Waals surface area contributed by atoms with Crippen molar-refractivity contribution in [1.29, 1.82) is 0 Å². The van der Waals surface area contributed by atoms with E-state index in [2.05, 4.69) is 6.58 Å². The van der Waals surface area contributed by atoms with E-state index >= 15 is 0 Å². The van der Waals surface area contributed by atoms with Crippen LogP contribution in [0, 0.1) is 0 Å². The highest BCUT2D eigenvalue weighted by Crippen LogP contribution is 2.24. The molecule has 0 spiro atoms. The van der Waals surface area contributed by atoms with Gasteiger partial charge in [0.1, 0.15) is 11.5 Å². The Morgan fingerprint density at radius 1 is 0.652 bits per heavy atom. The summed E-state index contributed by atoms with van der Waals surface area (Å²) < 4.78 is 26.3. The van der Waals surface area contributed by atoms with Crippen molar-refractivity contribution < 1.29 is 42.9 Å². The number of carbonyl (C=O) groups excluding carboxylic acids is 4. The Bertz CT molecular complexity index is 1410. The molecule has 0 saturated carbocycles. The summed E-state index contributed by atoms with van der Waals surface area (Å²) in [5, 5.41) is 0. The monoisotopic (exact) mass is 630 g/mol. The van der Waals surface area contributed by atoms with Crippen molar-refractivity contribution >= 4 is 23.9 Å². The van der Waals surface area contributed by atoms with Crippen molar-refractivity contribution in [1.82, 2.24) is 0 Å². The van der Waals surface area contributed by atoms with Crippen LogP contribution in [0.4, 0.5) is 0 Å². The van der Waals surface area contributed by atoms with Gasteiger partial charge in [0, 0.05) is 6.08 Å². The maximum atomic E-state index is 12.7. The van der Waals surface area contributed by atoms with E-state index in [0.717, 1.165) is 56.1 Å². The normalized spacial score (nSPS) is 11.2. The summed E-state index contributed by atoms with van der Waals surface area (Å²) in [6.07, 6.45) is 7.50. The fraction of sp³-hybridized carbons (Fsp3) is 0.351. The minimum atomic E-state index is -0.994. The summed E-state index contributed by atoms with van der Waals surface area (Å²) in [7, 11) is 0. The van der Waals surface area contributed by atoms with Gasteiger partial charge in [-0.3, -0.25) is 0 Å². The lowest BCUT2D eigenvalue weighted by molar-refractivity contribution is -0.152. The first-order valence-corrected chi connectivity index (χ1v) is 15.6. The number of rotatable bonds is 19. The molecule has 9 nitrogen and oxygen atoms in total. The van der Waals surface area contributed by atoms with Crippen LogP contribution >= 0.6 is 0 Å². The first-order chi connectivity index (χ1) is 22.3. The molecule has 0 heterocycles. The lowest BCUT2D eigenvalue weighted by atomic mass is 10.0. The third-order valence-corrected chi connectivity index (χ3v) is 6.98. The SMILES string of the molecule is C=CC(=O)OCCCCCCCCCOc1ccc(C(=O)Oc2ccc(-c3ccc(C(=O)O[C@@H](C)C(=O)OCC)cc3)cc2)cc1. The number of carbonyl (C=O) groups is 4. The average Bonchev–Trinajstić information content (AvgIpc) is 3.07. The minimum Gasteiger partial charge on any atom is -0.494 e. The van der Waals surface area contributed by atoms with E-state index in [1.807, 2.05) is 12.1 Å². The Hall–Kier alpha value is -4.92. The fourth-order valence-corrected chi connectivity index (χ4v) is 4.41. The van der Waals surface area contributed by atoms with E-state index in [-0.39, 0.29) is 12.6 Å². The molecule has 9 heteroatoms. The Balaban J connectivity index is 1.36. The van der Waals surface area contributed by atoms with Crippen molar-refractivity contribution in [3.63, 3.8) is 0 Å². The second-order valence-corrected chi connectivity index (χ2v) is 10.5. The van der Waals surface area contributed by atoms with Crippen LogP contribution in [0.3, 0.4) is 0 Å². The van der Waals surface area contributed by atoms with Crippen molar-refractivity contribution in [2.24, 2.45) is 0 Å². The number of hydrogen-bond donors (Lipinski definition) is 0. The van der Waals surface area contributed by atoms with Crippen LogP contribution in [0.1, 0.15) is 79.5 Å². The topological polar surface area (TPSA) is 114 Å². The van der Waals surface area contributed by atoms with Crippen LogP contribution in [0.25, 0.3) is 11.1 Å². The molecule has 0 N–H and O–H groups in total. The number of hydrogen-bond acceptors (Lipinski definition) is 9. The Labute approximate surface area is 270 Å². The van der Waals surface area contributed by atoms with Crippen LogP contribution < -0.4 is 9.47 Å². The third-order valence-electron chi connectivity index (χ3n) is 6.98. The predicted molar refractivity (Wildman–Crippen MR) is 174 cm³/mol. The molecule has 3 rings (SSSR count). The van der Waals surface area contributed by atoms with Gasteiger partial charge in [0.15, 0.2) is 6.10 Å². The first-order valence-electron chi connectivity index (χ1n) is 15.6. The smallest absolute Gasteiger partial charge is 0.347 e. The molecule has 3 aromatic carbocycles. The van der Waals surface area contributed by atoms with Gasteiger partial charge in [-0.2, -0.15) is 0 Å². The molecule has 0 fully saturated rings.